The minimum atomic E-state index is -4.53. The monoisotopic (exact) mass is 582 g/mol. The fraction of sp³-hybridized carbons (Fsp3) is 0.417. The maximum atomic E-state index is 13.4. The van der Waals surface area contributed by atoms with Crippen molar-refractivity contribution in [2.24, 2.45) is 11.8 Å². The molecular formula is C24H25F3N6O4S2. The lowest BCUT2D eigenvalue weighted by molar-refractivity contribution is -0.130. The summed E-state index contributed by atoms with van der Waals surface area (Å²) in [6, 6.07) is 8.22. The summed E-state index contributed by atoms with van der Waals surface area (Å²) < 4.78 is 93.5. The molecule has 0 saturated carbocycles. The number of halogens is 3. The zero-order valence-corrected chi connectivity index (χ0v) is 22.4. The number of sulfonamides is 1. The fourth-order valence-corrected chi connectivity index (χ4v) is 8.35. The lowest BCUT2D eigenvalue weighted by Gasteiger charge is -2.22. The average Bonchev–Trinajstić information content (AvgIpc) is 3.63. The molecule has 15 heteroatoms. The van der Waals surface area contributed by atoms with E-state index in [2.05, 4.69) is 9.97 Å². The summed E-state index contributed by atoms with van der Waals surface area (Å²) in [7, 11) is -7.90. The molecule has 5 heterocycles. The van der Waals surface area contributed by atoms with E-state index in [4.69, 9.17) is 0 Å². The number of aryl methyl sites for hydroxylation is 1. The van der Waals surface area contributed by atoms with Gasteiger partial charge in [-0.15, -0.1) is 0 Å². The number of hydrogen-bond donors (Lipinski definition) is 0. The highest BCUT2D eigenvalue weighted by molar-refractivity contribution is 7.90. The normalized spacial score (nSPS) is 20.9. The molecule has 3 aromatic heterocycles. The molecule has 0 N–H and O–H groups in total. The molecule has 10 nitrogen and oxygen atoms in total. The van der Waals surface area contributed by atoms with E-state index < -0.39 is 38.4 Å². The molecule has 0 amide bonds. The standard InChI is InChI=1S/C24H25F3N6O4S2/c1-16-2-4-20(5-3-16)39(36,37)32-8-6-21-22(32)28-10-19-11-29-23(33(19)21)30-12-17-14-31(15-18(17)13-30)38(34,35)9-7-24(25,26)27/h2-6,8,10-11,17-18H,7,9,12-15H2,1H3/t17-,18+. The fourth-order valence-electron chi connectivity index (χ4n) is 5.47. The van der Waals surface area contributed by atoms with Gasteiger partial charge in [0, 0.05) is 32.4 Å². The summed E-state index contributed by atoms with van der Waals surface area (Å²) in [5.74, 6) is -0.481. The number of aromatic nitrogens is 4. The minimum absolute atomic E-state index is 0.0538. The molecule has 0 spiro atoms. The Kier molecular flexibility index (Phi) is 5.97. The van der Waals surface area contributed by atoms with E-state index in [-0.39, 0.29) is 35.5 Å². The van der Waals surface area contributed by atoms with Gasteiger partial charge in [0.2, 0.25) is 16.0 Å². The van der Waals surface area contributed by atoms with E-state index in [0.717, 1.165) is 9.54 Å². The molecule has 2 fully saturated rings. The maximum Gasteiger partial charge on any atom is 0.390 e. The Morgan fingerprint density at radius 3 is 2.21 bits per heavy atom. The van der Waals surface area contributed by atoms with Gasteiger partial charge in [-0.25, -0.2) is 35.1 Å². The van der Waals surface area contributed by atoms with Gasteiger partial charge in [-0.1, -0.05) is 17.7 Å². The third-order valence-corrected chi connectivity index (χ3v) is 11.0. The third-order valence-electron chi connectivity index (χ3n) is 7.49. The number of imidazole rings is 1. The smallest absolute Gasteiger partial charge is 0.341 e. The molecular weight excluding hydrogens is 557 g/mol. The predicted molar refractivity (Wildman–Crippen MR) is 137 cm³/mol. The summed E-state index contributed by atoms with van der Waals surface area (Å²) in [5, 5.41) is 0. The zero-order chi connectivity index (χ0) is 27.7. The van der Waals surface area contributed by atoms with Crippen LogP contribution < -0.4 is 4.90 Å². The molecule has 0 radical (unpaired) electrons. The number of rotatable bonds is 6. The summed E-state index contributed by atoms with van der Waals surface area (Å²) >= 11 is 0. The molecule has 39 heavy (non-hydrogen) atoms. The first-order valence-corrected chi connectivity index (χ1v) is 15.3. The summed E-state index contributed by atoms with van der Waals surface area (Å²) in [6.45, 7) is 3.14. The quantitative estimate of drug-likeness (QED) is 0.344. The van der Waals surface area contributed by atoms with Crippen LogP contribution in [0, 0.1) is 18.8 Å². The van der Waals surface area contributed by atoms with Crippen molar-refractivity contribution in [1.82, 2.24) is 22.6 Å². The highest BCUT2D eigenvalue weighted by Gasteiger charge is 2.45. The summed E-state index contributed by atoms with van der Waals surface area (Å²) in [5.41, 5.74) is 2.38. The summed E-state index contributed by atoms with van der Waals surface area (Å²) in [4.78, 5) is 11.1. The van der Waals surface area contributed by atoms with Crippen LogP contribution >= 0.6 is 0 Å². The van der Waals surface area contributed by atoms with Gasteiger partial charge in [-0.3, -0.25) is 4.40 Å². The van der Waals surface area contributed by atoms with Crippen molar-refractivity contribution in [3.63, 3.8) is 0 Å². The lowest BCUT2D eigenvalue weighted by Crippen LogP contribution is -2.36. The van der Waals surface area contributed by atoms with Gasteiger partial charge in [0.15, 0.2) is 5.65 Å². The van der Waals surface area contributed by atoms with E-state index in [1.165, 1.54) is 10.5 Å². The molecule has 4 aromatic rings. The second-order valence-electron chi connectivity index (χ2n) is 10.1. The Bertz CT molecular complexity index is 1770. The molecule has 208 valence electrons. The molecule has 2 aliphatic rings. The maximum absolute atomic E-state index is 13.4. The van der Waals surface area contributed by atoms with Gasteiger partial charge in [0.05, 0.1) is 40.5 Å². The molecule has 2 aliphatic heterocycles. The second-order valence-corrected chi connectivity index (χ2v) is 14.0. The average molecular weight is 583 g/mol. The van der Waals surface area contributed by atoms with E-state index in [1.807, 2.05) is 16.2 Å². The Labute approximate surface area is 222 Å². The topological polar surface area (TPSA) is 110 Å². The van der Waals surface area contributed by atoms with Crippen LogP contribution in [0.1, 0.15) is 12.0 Å². The van der Waals surface area contributed by atoms with Crippen molar-refractivity contribution < 1.29 is 30.0 Å². The minimum Gasteiger partial charge on any atom is -0.341 e. The van der Waals surface area contributed by atoms with E-state index in [1.54, 1.807) is 42.7 Å². The predicted octanol–water partition coefficient (Wildman–Crippen LogP) is 2.88. The first kappa shape index (κ1) is 26.1. The van der Waals surface area contributed by atoms with Crippen molar-refractivity contribution in [2.45, 2.75) is 24.4 Å². The van der Waals surface area contributed by atoms with Crippen molar-refractivity contribution in [1.29, 1.82) is 0 Å². The second kappa shape index (κ2) is 8.93. The van der Waals surface area contributed by atoms with Crippen LogP contribution in [0.15, 0.2) is 53.8 Å². The number of anilines is 1. The highest BCUT2D eigenvalue weighted by atomic mass is 32.2. The molecule has 1 aromatic carbocycles. The van der Waals surface area contributed by atoms with Crippen LogP contribution in [0.5, 0.6) is 0 Å². The summed E-state index contributed by atoms with van der Waals surface area (Å²) in [6.07, 6.45) is -1.25. The zero-order valence-electron chi connectivity index (χ0n) is 20.8. The number of fused-ring (bicyclic) bond motifs is 4. The van der Waals surface area contributed by atoms with Gasteiger partial charge in [-0.2, -0.15) is 13.2 Å². The first-order chi connectivity index (χ1) is 18.3. The molecule has 0 unspecified atom stereocenters. The molecule has 2 saturated heterocycles. The Morgan fingerprint density at radius 1 is 0.923 bits per heavy atom. The molecule has 0 bridgehead atoms. The van der Waals surface area contributed by atoms with Crippen molar-refractivity contribution in [3.05, 3.63) is 54.5 Å². The van der Waals surface area contributed by atoms with Crippen LogP contribution in [0.3, 0.4) is 0 Å². The van der Waals surface area contributed by atoms with E-state index in [9.17, 15) is 30.0 Å². The van der Waals surface area contributed by atoms with Crippen molar-refractivity contribution in [2.75, 3.05) is 36.8 Å². The van der Waals surface area contributed by atoms with Gasteiger partial charge in [0.1, 0.15) is 0 Å². The first-order valence-electron chi connectivity index (χ1n) is 12.3. The van der Waals surface area contributed by atoms with Crippen LogP contribution in [0.2, 0.25) is 0 Å². The van der Waals surface area contributed by atoms with E-state index >= 15 is 0 Å². The van der Waals surface area contributed by atoms with Crippen LogP contribution in [-0.2, 0) is 20.0 Å². The molecule has 6 rings (SSSR count). The molecule has 2 atom stereocenters. The highest BCUT2D eigenvalue weighted by Crippen LogP contribution is 2.36. The van der Waals surface area contributed by atoms with Crippen molar-refractivity contribution >= 4 is 42.7 Å². The van der Waals surface area contributed by atoms with Gasteiger partial charge < -0.3 is 4.90 Å². The van der Waals surface area contributed by atoms with Crippen LogP contribution in [0.4, 0.5) is 19.1 Å². The number of alkyl halides is 3. The molecule has 0 aliphatic carbocycles. The van der Waals surface area contributed by atoms with Crippen LogP contribution in [0.25, 0.3) is 16.7 Å². The SMILES string of the molecule is Cc1ccc(S(=O)(=O)n2ccc3c2ncc2cnc(N4C[C@@H]5CN(S(=O)(=O)CCC(F)(F)F)C[C@@H]5C4)n23)cc1. The van der Waals surface area contributed by atoms with Gasteiger partial charge >= 0.3 is 6.18 Å². The van der Waals surface area contributed by atoms with Crippen molar-refractivity contribution in [3.8, 4) is 0 Å². The van der Waals surface area contributed by atoms with Gasteiger partial charge in [-0.05, 0) is 37.0 Å². The Morgan fingerprint density at radius 2 is 1.56 bits per heavy atom. The Hall–Kier alpha value is -3.17. The number of nitrogens with zero attached hydrogens (tertiary/aromatic N) is 6. The largest absolute Gasteiger partial charge is 0.390 e. The Balaban J connectivity index is 1.27. The third kappa shape index (κ3) is 4.55. The van der Waals surface area contributed by atoms with E-state index in [0.29, 0.717) is 30.1 Å². The van der Waals surface area contributed by atoms with Gasteiger partial charge in [0.25, 0.3) is 10.0 Å². The van der Waals surface area contributed by atoms with Crippen LogP contribution in [-0.4, -0.2) is 77.6 Å². The number of hydrogen-bond acceptors (Lipinski definition) is 7. The number of benzene rings is 1. The lowest BCUT2D eigenvalue weighted by atomic mass is 10.0.